The average molecular weight is 616 g/mol. The van der Waals surface area contributed by atoms with E-state index in [2.05, 4.69) is 37.2 Å². The van der Waals surface area contributed by atoms with E-state index in [1.54, 1.807) is 0 Å². The Bertz CT molecular complexity index is 1150. The first-order valence-electron chi connectivity index (χ1n) is 12.6. The van der Waals surface area contributed by atoms with Crippen molar-refractivity contribution in [3.8, 4) is 0 Å². The lowest BCUT2D eigenvalue weighted by atomic mass is 9.54. The van der Waals surface area contributed by atoms with Crippen molar-refractivity contribution in [2.45, 2.75) is 47.5 Å². The van der Waals surface area contributed by atoms with Crippen molar-refractivity contribution in [1.29, 1.82) is 0 Å². The van der Waals surface area contributed by atoms with Gasteiger partial charge in [0.15, 0.2) is 0 Å². The molecule has 188 valence electrons. The van der Waals surface area contributed by atoms with Gasteiger partial charge in [-0.3, -0.25) is 19.3 Å². The van der Waals surface area contributed by atoms with Crippen molar-refractivity contribution in [3.63, 3.8) is 0 Å². The monoisotopic (exact) mass is 614 g/mol. The van der Waals surface area contributed by atoms with Crippen LogP contribution in [0.2, 0.25) is 0 Å². The summed E-state index contributed by atoms with van der Waals surface area (Å²) in [5.74, 6) is -2.53. The molecule has 2 aliphatic heterocycles. The summed E-state index contributed by atoms with van der Waals surface area (Å²) in [5, 5.41) is 2.96. The van der Waals surface area contributed by atoms with Gasteiger partial charge in [-0.2, -0.15) is 0 Å². The normalized spacial score (nSPS) is 32.9. The second kappa shape index (κ2) is 8.50. The second-order valence-electron chi connectivity index (χ2n) is 10.6. The fourth-order valence-electron chi connectivity index (χ4n) is 6.81. The van der Waals surface area contributed by atoms with Gasteiger partial charge in [0.1, 0.15) is 6.04 Å². The number of hydrogen-bond donors (Lipinski definition) is 1. The molecule has 0 spiro atoms. The molecule has 0 saturated carbocycles. The van der Waals surface area contributed by atoms with Crippen molar-refractivity contribution in [2.24, 2.45) is 17.8 Å². The number of imide groups is 1. The first-order valence-corrected chi connectivity index (χ1v) is 14.1. The number of amides is 3. The van der Waals surface area contributed by atoms with Crippen LogP contribution in [-0.4, -0.2) is 47.9 Å². The zero-order chi connectivity index (χ0) is 25.4. The number of alkyl halides is 2. The maximum atomic E-state index is 14.3. The van der Waals surface area contributed by atoms with Crippen LogP contribution in [0.5, 0.6) is 0 Å². The zero-order valence-corrected chi connectivity index (χ0v) is 23.3. The van der Waals surface area contributed by atoms with E-state index in [0.717, 1.165) is 35.1 Å². The molecule has 2 bridgehead atoms. The van der Waals surface area contributed by atoms with E-state index in [4.69, 9.17) is 4.74 Å². The molecular weight excluding hydrogens is 588 g/mol. The van der Waals surface area contributed by atoms with Crippen LogP contribution in [0.15, 0.2) is 48.5 Å². The number of nitrogens with one attached hydrogen (secondary N) is 1. The van der Waals surface area contributed by atoms with Gasteiger partial charge in [0, 0.05) is 13.2 Å². The highest BCUT2D eigenvalue weighted by Crippen LogP contribution is 2.70. The number of benzene rings is 2. The molecule has 2 saturated heterocycles. The van der Waals surface area contributed by atoms with E-state index in [9.17, 15) is 14.4 Å². The van der Waals surface area contributed by atoms with Crippen LogP contribution in [0.1, 0.15) is 48.9 Å². The Balaban J connectivity index is 1.44. The topological polar surface area (TPSA) is 75.7 Å². The Morgan fingerprint density at radius 3 is 1.83 bits per heavy atom. The molecule has 2 fully saturated rings. The predicted octanol–water partition coefficient (Wildman–Crippen LogP) is 4.21. The van der Waals surface area contributed by atoms with Gasteiger partial charge < -0.3 is 10.1 Å². The van der Waals surface area contributed by atoms with Crippen LogP contribution in [0, 0.1) is 17.8 Å². The molecule has 0 radical (unpaired) electrons. The van der Waals surface area contributed by atoms with E-state index in [0.29, 0.717) is 13.2 Å². The largest absolute Gasteiger partial charge is 0.376 e. The van der Waals surface area contributed by atoms with Crippen LogP contribution >= 0.6 is 31.9 Å². The van der Waals surface area contributed by atoms with Gasteiger partial charge in [-0.1, -0.05) is 94.2 Å². The molecule has 1 N–H and O–H groups in total. The Labute approximate surface area is 227 Å². The van der Waals surface area contributed by atoms with Crippen molar-refractivity contribution in [1.82, 2.24) is 10.2 Å². The third-order valence-corrected chi connectivity index (χ3v) is 11.0. The molecule has 2 aromatic rings. The summed E-state index contributed by atoms with van der Waals surface area (Å²) < 4.78 is 3.92. The molecule has 6 nitrogen and oxygen atoms in total. The third-order valence-electron chi connectivity index (χ3n) is 8.33. The molecule has 8 heteroatoms. The molecule has 5 aliphatic rings. The average Bonchev–Trinajstić information content (AvgIpc) is 3.48. The molecule has 2 heterocycles. The first-order chi connectivity index (χ1) is 17.2. The van der Waals surface area contributed by atoms with Gasteiger partial charge in [-0.25, -0.2) is 0 Å². The summed E-state index contributed by atoms with van der Waals surface area (Å²) in [6, 6.07) is 15.1. The van der Waals surface area contributed by atoms with Gasteiger partial charge in [-0.15, -0.1) is 0 Å². The van der Waals surface area contributed by atoms with Crippen LogP contribution in [0.25, 0.3) is 0 Å². The highest BCUT2D eigenvalue weighted by molar-refractivity contribution is 9.10. The van der Waals surface area contributed by atoms with Gasteiger partial charge in [-0.05, 0) is 41.0 Å². The molecular formula is C28H28Br2N2O4. The molecule has 3 amide bonds. The Kier molecular flexibility index (Phi) is 5.74. The maximum absolute atomic E-state index is 14.3. The summed E-state index contributed by atoms with van der Waals surface area (Å²) >= 11 is 8.04. The number of likely N-dealkylation sites (tertiary alicyclic amines) is 1. The minimum absolute atomic E-state index is 0.0224. The molecule has 7 rings (SSSR count). The minimum atomic E-state index is -0.894. The van der Waals surface area contributed by atoms with Gasteiger partial charge in [0.2, 0.25) is 17.7 Å². The van der Waals surface area contributed by atoms with E-state index in [-0.39, 0.29) is 29.7 Å². The number of hydrogen-bond acceptors (Lipinski definition) is 4. The van der Waals surface area contributed by atoms with Gasteiger partial charge in [0.25, 0.3) is 0 Å². The number of ether oxygens (including phenoxy) is 1. The van der Waals surface area contributed by atoms with Crippen LogP contribution in [0.4, 0.5) is 0 Å². The Morgan fingerprint density at radius 1 is 0.972 bits per heavy atom. The predicted molar refractivity (Wildman–Crippen MR) is 142 cm³/mol. The van der Waals surface area contributed by atoms with E-state index in [1.807, 2.05) is 62.4 Å². The third kappa shape index (κ3) is 3.07. The lowest BCUT2D eigenvalue weighted by Gasteiger charge is -2.55. The van der Waals surface area contributed by atoms with Crippen molar-refractivity contribution < 1.29 is 19.1 Å². The molecule has 2 aromatic carbocycles. The smallest absolute Gasteiger partial charge is 0.243 e. The second-order valence-corrected chi connectivity index (χ2v) is 13.1. The lowest BCUT2D eigenvalue weighted by Crippen LogP contribution is -2.56. The fraction of sp³-hybridized carbons (Fsp3) is 0.464. The zero-order valence-electron chi connectivity index (χ0n) is 20.2. The first kappa shape index (κ1) is 24.3. The van der Waals surface area contributed by atoms with Crippen LogP contribution < -0.4 is 5.32 Å². The quantitative estimate of drug-likeness (QED) is 0.404. The van der Waals surface area contributed by atoms with Gasteiger partial charge in [0.05, 0.1) is 26.6 Å². The van der Waals surface area contributed by atoms with Gasteiger partial charge >= 0.3 is 0 Å². The number of carbonyl (C=O) groups is 3. The summed E-state index contributed by atoms with van der Waals surface area (Å²) in [6.07, 6.45) is 1.85. The van der Waals surface area contributed by atoms with Crippen molar-refractivity contribution in [2.75, 3.05) is 13.2 Å². The van der Waals surface area contributed by atoms with Crippen LogP contribution in [0.3, 0.4) is 0 Å². The van der Waals surface area contributed by atoms with Crippen molar-refractivity contribution >= 4 is 49.6 Å². The SMILES string of the molecule is CC(C)[C@H](C(=O)NC[C@H]1CCCO1)N1C(=O)[C@@H]2[C@H](C1=O)C1(Br)c3ccccc3C2(Br)c2ccccc21. The highest BCUT2D eigenvalue weighted by Gasteiger charge is 2.73. The molecule has 36 heavy (non-hydrogen) atoms. The lowest BCUT2D eigenvalue weighted by molar-refractivity contribution is -0.149. The van der Waals surface area contributed by atoms with E-state index < -0.39 is 26.5 Å². The molecule has 0 aromatic heterocycles. The van der Waals surface area contributed by atoms with Crippen LogP contribution in [-0.2, 0) is 27.8 Å². The number of nitrogens with zero attached hydrogens (tertiary/aromatic N) is 1. The number of halogens is 2. The number of rotatable bonds is 5. The summed E-state index contributed by atoms with van der Waals surface area (Å²) in [4.78, 5) is 43.3. The highest BCUT2D eigenvalue weighted by atomic mass is 79.9. The minimum Gasteiger partial charge on any atom is -0.376 e. The molecule has 3 aliphatic carbocycles. The summed E-state index contributed by atoms with van der Waals surface area (Å²) in [7, 11) is 0. The summed E-state index contributed by atoms with van der Waals surface area (Å²) in [5.41, 5.74) is 3.92. The van der Waals surface area contributed by atoms with E-state index in [1.165, 1.54) is 4.90 Å². The fourth-order valence-corrected chi connectivity index (χ4v) is 9.11. The maximum Gasteiger partial charge on any atom is 0.243 e. The van der Waals surface area contributed by atoms with E-state index >= 15 is 0 Å². The molecule has 4 atom stereocenters. The Morgan fingerprint density at radius 2 is 1.44 bits per heavy atom. The molecule has 0 unspecified atom stereocenters. The standard InChI is InChI=1S/C28H28Br2N2O4/c1-15(2)23(24(33)31-14-16-8-7-13-36-16)32-25(34)21-22(26(32)35)28(30)18-10-4-3-9-17(18)27(21,29)19-11-5-6-12-20(19)28/h3-6,9-12,15-16,21-23H,7-8,13-14H2,1-2H3,(H,31,33)/t16-,21-,22+,23-,27?,28?/m1/s1. The number of carbonyl (C=O) groups excluding carboxylic acids is 3. The van der Waals surface area contributed by atoms with Crippen molar-refractivity contribution in [3.05, 3.63) is 70.8 Å². The summed E-state index contributed by atoms with van der Waals surface area (Å²) in [6.45, 7) is 4.84. The Hall–Kier alpha value is -2.03.